The Bertz CT molecular complexity index is 1060. The van der Waals surface area contributed by atoms with Gasteiger partial charge in [-0.05, 0) is 48.2 Å². The highest BCUT2D eigenvalue weighted by Crippen LogP contribution is 2.28. The highest BCUT2D eigenvalue weighted by Gasteiger charge is 2.15. The van der Waals surface area contributed by atoms with Crippen molar-refractivity contribution in [2.75, 3.05) is 5.32 Å². The van der Waals surface area contributed by atoms with E-state index in [4.69, 9.17) is 4.98 Å². The van der Waals surface area contributed by atoms with Crippen LogP contribution in [-0.4, -0.2) is 15.9 Å². The molecule has 5 heteroatoms. The van der Waals surface area contributed by atoms with Crippen LogP contribution >= 0.6 is 11.3 Å². The lowest BCUT2D eigenvalue weighted by Gasteiger charge is -2.10. The van der Waals surface area contributed by atoms with Gasteiger partial charge in [0.15, 0.2) is 0 Å². The molecule has 3 aromatic heterocycles. The number of nitrogens with one attached hydrogen (secondary N) is 1. The molecule has 25 heavy (non-hydrogen) atoms. The number of hydrogen-bond acceptors (Lipinski definition) is 4. The number of amides is 1. The van der Waals surface area contributed by atoms with Crippen LogP contribution < -0.4 is 5.32 Å². The van der Waals surface area contributed by atoms with Gasteiger partial charge in [0.25, 0.3) is 5.91 Å². The lowest BCUT2D eigenvalue weighted by Crippen LogP contribution is -2.14. The summed E-state index contributed by atoms with van der Waals surface area (Å²) in [7, 11) is 0. The number of anilines is 1. The average Bonchev–Trinajstić information content (AvgIpc) is 3.15. The monoisotopic (exact) mass is 345 g/mol. The molecule has 0 atom stereocenters. The Morgan fingerprint density at radius 2 is 1.96 bits per heavy atom. The molecule has 0 saturated carbocycles. The molecular weight excluding hydrogens is 330 g/mol. The van der Waals surface area contributed by atoms with Crippen molar-refractivity contribution in [3.05, 3.63) is 77.3 Å². The zero-order chi connectivity index (χ0) is 17.2. The van der Waals surface area contributed by atoms with E-state index in [1.807, 2.05) is 66.9 Å². The fourth-order valence-electron chi connectivity index (χ4n) is 2.70. The Morgan fingerprint density at radius 1 is 1.08 bits per heavy atom. The molecule has 0 radical (unpaired) electrons. The molecule has 1 amide bonds. The SMILES string of the molecule is Cc1ccnc(NC(=O)c2cc(-c3cccs3)nc3ccccc23)c1. The van der Waals surface area contributed by atoms with E-state index in [0.29, 0.717) is 11.4 Å². The minimum atomic E-state index is -0.186. The smallest absolute Gasteiger partial charge is 0.257 e. The van der Waals surface area contributed by atoms with Crippen molar-refractivity contribution in [1.29, 1.82) is 0 Å². The number of thiophene rings is 1. The number of nitrogens with zero attached hydrogens (tertiary/aromatic N) is 2. The molecule has 4 rings (SSSR count). The maximum atomic E-state index is 12.9. The molecule has 0 spiro atoms. The molecule has 0 aliphatic carbocycles. The number of hydrogen-bond donors (Lipinski definition) is 1. The van der Waals surface area contributed by atoms with Gasteiger partial charge in [0.1, 0.15) is 5.82 Å². The zero-order valence-corrected chi connectivity index (χ0v) is 14.4. The lowest BCUT2D eigenvalue weighted by atomic mass is 10.1. The van der Waals surface area contributed by atoms with Crippen LogP contribution in [0.3, 0.4) is 0 Å². The van der Waals surface area contributed by atoms with Gasteiger partial charge < -0.3 is 5.32 Å². The summed E-state index contributed by atoms with van der Waals surface area (Å²) >= 11 is 1.60. The van der Waals surface area contributed by atoms with Crippen molar-refractivity contribution in [3.63, 3.8) is 0 Å². The number of aryl methyl sites for hydroxylation is 1. The van der Waals surface area contributed by atoms with Gasteiger partial charge in [-0.15, -0.1) is 11.3 Å². The van der Waals surface area contributed by atoms with Crippen molar-refractivity contribution in [2.45, 2.75) is 6.92 Å². The third-order valence-electron chi connectivity index (χ3n) is 3.89. The van der Waals surface area contributed by atoms with E-state index in [1.165, 1.54) is 0 Å². The molecule has 1 N–H and O–H groups in total. The Balaban J connectivity index is 1.80. The van der Waals surface area contributed by atoms with Crippen LogP contribution in [0.25, 0.3) is 21.5 Å². The van der Waals surface area contributed by atoms with Gasteiger partial charge in [-0.3, -0.25) is 4.79 Å². The van der Waals surface area contributed by atoms with Crippen LogP contribution in [0.2, 0.25) is 0 Å². The summed E-state index contributed by atoms with van der Waals surface area (Å²) in [6, 6.07) is 17.3. The summed E-state index contributed by atoms with van der Waals surface area (Å²) in [6.07, 6.45) is 1.69. The first-order chi connectivity index (χ1) is 12.2. The van der Waals surface area contributed by atoms with Crippen molar-refractivity contribution in [1.82, 2.24) is 9.97 Å². The second-order valence-corrected chi connectivity index (χ2v) is 6.67. The third-order valence-corrected chi connectivity index (χ3v) is 4.78. The van der Waals surface area contributed by atoms with Crippen LogP contribution in [0, 0.1) is 6.92 Å². The predicted octanol–water partition coefficient (Wildman–Crippen LogP) is 4.92. The van der Waals surface area contributed by atoms with Crippen molar-refractivity contribution in [2.24, 2.45) is 0 Å². The zero-order valence-electron chi connectivity index (χ0n) is 13.6. The van der Waals surface area contributed by atoms with Gasteiger partial charge in [-0.2, -0.15) is 0 Å². The number of benzene rings is 1. The quantitative estimate of drug-likeness (QED) is 0.573. The number of aromatic nitrogens is 2. The van der Waals surface area contributed by atoms with E-state index in [9.17, 15) is 4.79 Å². The summed E-state index contributed by atoms with van der Waals surface area (Å²) in [5, 5.41) is 5.72. The molecule has 4 aromatic rings. The summed E-state index contributed by atoms with van der Waals surface area (Å²) in [5.74, 6) is 0.359. The van der Waals surface area contributed by atoms with Gasteiger partial charge >= 0.3 is 0 Å². The summed E-state index contributed by atoms with van der Waals surface area (Å²) in [4.78, 5) is 22.8. The van der Waals surface area contributed by atoms with Crippen LogP contribution in [0.5, 0.6) is 0 Å². The fourth-order valence-corrected chi connectivity index (χ4v) is 3.39. The highest BCUT2D eigenvalue weighted by molar-refractivity contribution is 7.13. The topological polar surface area (TPSA) is 54.9 Å². The van der Waals surface area contributed by atoms with Crippen molar-refractivity contribution < 1.29 is 4.79 Å². The molecule has 4 nitrogen and oxygen atoms in total. The van der Waals surface area contributed by atoms with E-state index in [1.54, 1.807) is 17.5 Å². The first-order valence-corrected chi connectivity index (χ1v) is 8.76. The number of carbonyl (C=O) groups is 1. The Labute approximate surface area is 149 Å². The maximum absolute atomic E-state index is 12.9. The molecule has 0 fully saturated rings. The van der Waals surface area contributed by atoms with E-state index >= 15 is 0 Å². The number of para-hydroxylation sites is 1. The van der Waals surface area contributed by atoms with Gasteiger partial charge in [0.2, 0.25) is 0 Å². The standard InChI is InChI=1S/C20H15N3OS/c1-13-8-9-21-19(11-13)23-20(24)15-12-17(18-7-4-10-25-18)22-16-6-3-2-5-14(15)16/h2-12H,1H3,(H,21,23,24). The summed E-state index contributed by atoms with van der Waals surface area (Å²) in [5.41, 5.74) is 3.24. The van der Waals surface area contributed by atoms with E-state index in [0.717, 1.165) is 27.0 Å². The van der Waals surface area contributed by atoms with Gasteiger partial charge in [-0.25, -0.2) is 9.97 Å². The molecule has 0 aliphatic heterocycles. The number of fused-ring (bicyclic) bond motifs is 1. The first kappa shape index (κ1) is 15.5. The Kier molecular flexibility index (Phi) is 3.99. The number of carbonyl (C=O) groups excluding carboxylic acids is 1. The van der Waals surface area contributed by atoms with Crippen LogP contribution in [-0.2, 0) is 0 Å². The minimum Gasteiger partial charge on any atom is -0.307 e. The van der Waals surface area contributed by atoms with Crippen LogP contribution in [0.1, 0.15) is 15.9 Å². The summed E-state index contributed by atoms with van der Waals surface area (Å²) in [6.45, 7) is 1.97. The average molecular weight is 345 g/mol. The maximum Gasteiger partial charge on any atom is 0.257 e. The molecule has 0 bridgehead atoms. The van der Waals surface area contributed by atoms with E-state index < -0.39 is 0 Å². The molecule has 3 heterocycles. The van der Waals surface area contributed by atoms with E-state index in [-0.39, 0.29) is 5.91 Å². The third kappa shape index (κ3) is 3.14. The predicted molar refractivity (Wildman–Crippen MR) is 102 cm³/mol. The van der Waals surface area contributed by atoms with Crippen LogP contribution in [0.15, 0.2) is 66.2 Å². The molecule has 0 unspecified atom stereocenters. The first-order valence-electron chi connectivity index (χ1n) is 7.88. The van der Waals surface area contributed by atoms with Gasteiger partial charge in [-0.1, -0.05) is 24.3 Å². The fraction of sp³-hybridized carbons (Fsp3) is 0.0500. The Morgan fingerprint density at radius 3 is 2.76 bits per heavy atom. The number of rotatable bonds is 3. The molecule has 1 aromatic carbocycles. The molecule has 122 valence electrons. The molecular formula is C20H15N3OS. The van der Waals surface area contributed by atoms with Crippen LogP contribution in [0.4, 0.5) is 5.82 Å². The van der Waals surface area contributed by atoms with Gasteiger partial charge in [0.05, 0.1) is 21.7 Å². The molecule has 0 saturated heterocycles. The lowest BCUT2D eigenvalue weighted by molar-refractivity contribution is 0.102. The normalized spacial score (nSPS) is 10.8. The summed E-state index contributed by atoms with van der Waals surface area (Å²) < 4.78 is 0. The second kappa shape index (κ2) is 6.45. The van der Waals surface area contributed by atoms with Gasteiger partial charge in [0, 0.05) is 11.6 Å². The largest absolute Gasteiger partial charge is 0.307 e. The number of pyridine rings is 2. The Hall–Kier alpha value is -3.05. The highest BCUT2D eigenvalue weighted by atomic mass is 32.1. The van der Waals surface area contributed by atoms with Crippen molar-refractivity contribution >= 4 is 34.0 Å². The van der Waals surface area contributed by atoms with E-state index in [2.05, 4.69) is 10.3 Å². The molecule has 0 aliphatic rings. The van der Waals surface area contributed by atoms with Crippen molar-refractivity contribution in [3.8, 4) is 10.6 Å². The second-order valence-electron chi connectivity index (χ2n) is 5.72. The minimum absolute atomic E-state index is 0.186.